The van der Waals surface area contributed by atoms with Gasteiger partial charge in [-0.1, -0.05) is 0 Å². The van der Waals surface area contributed by atoms with Gasteiger partial charge in [0.25, 0.3) is 0 Å². The van der Waals surface area contributed by atoms with Crippen LogP contribution in [0, 0.1) is 0 Å². The highest BCUT2D eigenvalue weighted by atomic mass is 16.5. The SMILES string of the molecule is COc1ccc(C[NH2+]CC(=O)[O-])c(O)c1. The molecule has 15 heavy (non-hydrogen) atoms. The Bertz CT molecular complexity index is 351. The molecule has 1 aromatic rings. The number of phenols is 1. The number of aliphatic carboxylic acids is 1. The summed E-state index contributed by atoms with van der Waals surface area (Å²) >= 11 is 0. The molecule has 0 aliphatic rings. The molecule has 0 fully saturated rings. The van der Waals surface area contributed by atoms with Crippen molar-refractivity contribution in [3.05, 3.63) is 23.8 Å². The van der Waals surface area contributed by atoms with E-state index in [9.17, 15) is 15.0 Å². The molecule has 0 spiro atoms. The van der Waals surface area contributed by atoms with Gasteiger partial charge >= 0.3 is 0 Å². The van der Waals surface area contributed by atoms with Crippen LogP contribution in [-0.2, 0) is 11.3 Å². The number of carboxylic acid groups (broad SMARTS) is 1. The topological polar surface area (TPSA) is 86.2 Å². The summed E-state index contributed by atoms with van der Waals surface area (Å²) in [5.41, 5.74) is 0.664. The van der Waals surface area contributed by atoms with E-state index >= 15 is 0 Å². The maximum Gasteiger partial charge on any atom is 0.128 e. The zero-order chi connectivity index (χ0) is 11.3. The third-order valence-electron chi connectivity index (χ3n) is 1.97. The monoisotopic (exact) mass is 211 g/mol. The van der Waals surface area contributed by atoms with E-state index in [1.165, 1.54) is 18.5 Å². The average molecular weight is 211 g/mol. The highest BCUT2D eigenvalue weighted by Crippen LogP contribution is 2.22. The van der Waals surface area contributed by atoms with Gasteiger partial charge in [-0.25, -0.2) is 0 Å². The first-order chi connectivity index (χ1) is 7.13. The molecule has 1 rings (SSSR count). The number of rotatable bonds is 5. The normalized spacial score (nSPS) is 9.93. The Labute approximate surface area is 87.3 Å². The summed E-state index contributed by atoms with van der Waals surface area (Å²) in [5.74, 6) is -0.455. The fraction of sp³-hybridized carbons (Fsp3) is 0.300. The Hall–Kier alpha value is -1.75. The highest BCUT2D eigenvalue weighted by Gasteiger charge is 2.04. The molecule has 0 amide bonds. The third kappa shape index (κ3) is 3.47. The first-order valence-electron chi connectivity index (χ1n) is 4.51. The van der Waals surface area contributed by atoms with Crippen LogP contribution in [0.1, 0.15) is 5.56 Å². The van der Waals surface area contributed by atoms with E-state index in [0.29, 0.717) is 17.9 Å². The first kappa shape index (κ1) is 11.3. The Balaban J connectivity index is 2.58. The summed E-state index contributed by atoms with van der Waals surface area (Å²) in [6.07, 6.45) is 0. The molecule has 0 aromatic heterocycles. The Kier molecular flexibility index (Phi) is 3.93. The summed E-state index contributed by atoms with van der Waals surface area (Å²) in [6, 6.07) is 4.89. The number of ether oxygens (including phenoxy) is 1. The first-order valence-corrected chi connectivity index (χ1v) is 4.51. The molecule has 82 valence electrons. The summed E-state index contributed by atoms with van der Waals surface area (Å²) in [4.78, 5) is 10.2. The van der Waals surface area contributed by atoms with Crippen molar-refractivity contribution in [2.45, 2.75) is 6.54 Å². The van der Waals surface area contributed by atoms with Gasteiger partial charge in [0.05, 0.1) is 13.1 Å². The predicted molar refractivity (Wildman–Crippen MR) is 50.2 cm³/mol. The van der Waals surface area contributed by atoms with Crippen molar-refractivity contribution in [1.29, 1.82) is 0 Å². The molecular formula is C10H13NO4. The van der Waals surface area contributed by atoms with Crippen LogP contribution < -0.4 is 15.2 Å². The van der Waals surface area contributed by atoms with Gasteiger partial charge in [0.1, 0.15) is 24.6 Å². The number of methoxy groups -OCH3 is 1. The number of phenolic OH excluding ortho intramolecular Hbond substituents is 1. The average Bonchev–Trinajstić information content (AvgIpc) is 2.20. The minimum atomic E-state index is -1.12. The Morgan fingerprint density at radius 3 is 2.87 bits per heavy atom. The van der Waals surface area contributed by atoms with Crippen molar-refractivity contribution < 1.29 is 25.1 Å². The lowest BCUT2D eigenvalue weighted by Crippen LogP contribution is -2.85. The van der Waals surface area contributed by atoms with Gasteiger partial charge in [0.15, 0.2) is 0 Å². The molecular weight excluding hydrogens is 198 g/mol. The summed E-state index contributed by atoms with van der Waals surface area (Å²) in [7, 11) is 1.51. The lowest BCUT2D eigenvalue weighted by atomic mass is 10.2. The van der Waals surface area contributed by atoms with E-state index < -0.39 is 5.97 Å². The van der Waals surface area contributed by atoms with Gasteiger partial charge in [0.2, 0.25) is 0 Å². The van der Waals surface area contributed by atoms with Crippen LogP contribution in [0.5, 0.6) is 11.5 Å². The van der Waals surface area contributed by atoms with E-state index in [1.54, 1.807) is 12.1 Å². The zero-order valence-electron chi connectivity index (χ0n) is 8.40. The Morgan fingerprint density at radius 1 is 1.60 bits per heavy atom. The zero-order valence-corrected chi connectivity index (χ0v) is 8.40. The minimum Gasteiger partial charge on any atom is -0.544 e. The maximum atomic E-state index is 10.2. The van der Waals surface area contributed by atoms with Crippen molar-refractivity contribution in [3.63, 3.8) is 0 Å². The lowest BCUT2D eigenvalue weighted by molar-refractivity contribution is -0.665. The fourth-order valence-corrected chi connectivity index (χ4v) is 1.19. The van der Waals surface area contributed by atoms with Gasteiger partial charge in [-0.3, -0.25) is 0 Å². The minimum absolute atomic E-state index is 0.101. The summed E-state index contributed by atoms with van der Waals surface area (Å²) < 4.78 is 4.92. The number of nitrogens with two attached hydrogens (primary N) is 1. The Morgan fingerprint density at radius 2 is 2.33 bits per heavy atom. The maximum absolute atomic E-state index is 10.2. The van der Waals surface area contributed by atoms with Gasteiger partial charge in [-0.15, -0.1) is 0 Å². The van der Waals surface area contributed by atoms with E-state index in [2.05, 4.69) is 0 Å². The predicted octanol–water partition coefficient (Wildman–Crippen LogP) is -1.79. The van der Waals surface area contributed by atoms with Crippen LogP contribution in [0.2, 0.25) is 0 Å². The van der Waals surface area contributed by atoms with Crippen molar-refractivity contribution >= 4 is 5.97 Å². The number of carbonyl (C=O) groups is 1. The smallest absolute Gasteiger partial charge is 0.128 e. The van der Waals surface area contributed by atoms with Gasteiger partial charge < -0.3 is 25.1 Å². The van der Waals surface area contributed by atoms with E-state index in [1.807, 2.05) is 0 Å². The molecule has 0 unspecified atom stereocenters. The molecule has 0 aliphatic heterocycles. The number of hydrogen-bond acceptors (Lipinski definition) is 4. The summed E-state index contributed by atoms with van der Waals surface area (Å²) in [6.45, 7) is 0.273. The van der Waals surface area contributed by atoms with E-state index in [-0.39, 0.29) is 12.3 Å². The highest BCUT2D eigenvalue weighted by molar-refractivity contribution is 5.64. The molecule has 5 heteroatoms. The van der Waals surface area contributed by atoms with Crippen LogP contribution in [0.4, 0.5) is 0 Å². The lowest BCUT2D eigenvalue weighted by Gasteiger charge is -2.06. The van der Waals surface area contributed by atoms with Crippen molar-refractivity contribution in [2.75, 3.05) is 13.7 Å². The number of hydrogen-bond donors (Lipinski definition) is 2. The van der Waals surface area contributed by atoms with Crippen molar-refractivity contribution in [3.8, 4) is 11.5 Å². The number of carbonyl (C=O) groups excluding carboxylic acids is 1. The van der Waals surface area contributed by atoms with Crippen molar-refractivity contribution in [1.82, 2.24) is 0 Å². The number of carboxylic acids is 1. The third-order valence-corrected chi connectivity index (χ3v) is 1.97. The number of quaternary nitrogens is 1. The van der Waals surface area contributed by atoms with Crippen LogP contribution in [0.15, 0.2) is 18.2 Å². The molecule has 0 heterocycles. The van der Waals surface area contributed by atoms with Crippen LogP contribution in [0.3, 0.4) is 0 Å². The molecule has 1 aromatic carbocycles. The quantitative estimate of drug-likeness (QED) is 0.602. The number of benzene rings is 1. The fourth-order valence-electron chi connectivity index (χ4n) is 1.19. The standard InChI is InChI=1S/C10H13NO4/c1-15-8-3-2-7(9(12)4-8)5-11-6-10(13)14/h2-4,11-12H,5-6H2,1H3,(H,13,14). The second kappa shape index (κ2) is 5.21. The molecule has 5 nitrogen and oxygen atoms in total. The molecule has 0 radical (unpaired) electrons. The van der Waals surface area contributed by atoms with Crippen LogP contribution in [-0.4, -0.2) is 24.7 Å². The summed E-state index contributed by atoms with van der Waals surface area (Å²) in [5, 5.41) is 21.2. The van der Waals surface area contributed by atoms with Crippen LogP contribution >= 0.6 is 0 Å². The van der Waals surface area contributed by atoms with Gasteiger partial charge in [-0.2, -0.15) is 0 Å². The molecule has 0 bridgehead atoms. The molecule has 0 saturated heterocycles. The molecule has 3 N–H and O–H groups in total. The number of aromatic hydroxyl groups is 1. The second-order valence-corrected chi connectivity index (χ2v) is 3.06. The second-order valence-electron chi connectivity index (χ2n) is 3.06. The largest absolute Gasteiger partial charge is 0.544 e. The van der Waals surface area contributed by atoms with Crippen molar-refractivity contribution in [2.24, 2.45) is 0 Å². The van der Waals surface area contributed by atoms with E-state index in [4.69, 9.17) is 4.74 Å². The van der Waals surface area contributed by atoms with Gasteiger partial charge in [-0.05, 0) is 12.1 Å². The van der Waals surface area contributed by atoms with E-state index in [0.717, 1.165) is 0 Å². The molecule has 0 atom stereocenters. The molecule has 0 aliphatic carbocycles. The van der Waals surface area contributed by atoms with Gasteiger partial charge in [0, 0.05) is 11.6 Å². The van der Waals surface area contributed by atoms with Crippen LogP contribution in [0.25, 0.3) is 0 Å². The molecule has 0 saturated carbocycles.